The number of hydrogen-bond acceptors (Lipinski definition) is 3. The minimum Gasteiger partial charge on any atom is -0.478 e. The van der Waals surface area contributed by atoms with Crippen LogP contribution in [-0.2, 0) is 0 Å². The van der Waals surface area contributed by atoms with Gasteiger partial charge < -0.3 is 5.11 Å². The van der Waals surface area contributed by atoms with E-state index in [4.69, 9.17) is 5.11 Å². The molecule has 0 aliphatic heterocycles. The first-order valence-corrected chi connectivity index (χ1v) is 6.09. The van der Waals surface area contributed by atoms with Crippen LogP contribution >= 0.6 is 23.5 Å². The fraction of sp³-hybridized carbons (Fsp3) is 0.222. The third-order valence-corrected chi connectivity index (χ3v) is 3.14. The highest BCUT2D eigenvalue weighted by Gasteiger charge is 2.09. The topological polar surface area (TPSA) is 37.3 Å². The Morgan fingerprint density at radius 1 is 1.31 bits per heavy atom. The summed E-state index contributed by atoms with van der Waals surface area (Å²) in [5.41, 5.74) is 0.380. The monoisotopic (exact) mass is 214 g/mol. The fourth-order valence-corrected chi connectivity index (χ4v) is 2.11. The van der Waals surface area contributed by atoms with Crippen LogP contribution in [0, 0.1) is 0 Å². The lowest BCUT2D eigenvalue weighted by Gasteiger charge is -2.04. The van der Waals surface area contributed by atoms with Gasteiger partial charge >= 0.3 is 5.97 Å². The SMILES string of the molecule is CSc1ccc(C(=O)O)c(SC)c1. The van der Waals surface area contributed by atoms with Gasteiger partial charge in [0.25, 0.3) is 0 Å². The number of aromatic carboxylic acids is 1. The second-order valence-electron chi connectivity index (χ2n) is 2.37. The van der Waals surface area contributed by atoms with Crippen LogP contribution in [0.3, 0.4) is 0 Å². The zero-order chi connectivity index (χ0) is 9.84. The van der Waals surface area contributed by atoms with E-state index in [-0.39, 0.29) is 0 Å². The van der Waals surface area contributed by atoms with Crippen LogP contribution in [0.1, 0.15) is 10.4 Å². The van der Waals surface area contributed by atoms with Crippen LogP contribution in [0.5, 0.6) is 0 Å². The molecule has 0 aliphatic carbocycles. The molecular formula is C9H10O2S2. The van der Waals surface area contributed by atoms with Crippen molar-refractivity contribution in [2.24, 2.45) is 0 Å². The quantitative estimate of drug-likeness (QED) is 0.785. The molecule has 0 heterocycles. The molecule has 70 valence electrons. The Bertz CT molecular complexity index is 323. The van der Waals surface area contributed by atoms with Crippen molar-refractivity contribution in [2.45, 2.75) is 9.79 Å². The maximum Gasteiger partial charge on any atom is 0.336 e. The third kappa shape index (κ3) is 2.42. The van der Waals surface area contributed by atoms with Gasteiger partial charge in [-0.1, -0.05) is 0 Å². The van der Waals surface area contributed by atoms with Crippen LogP contribution < -0.4 is 0 Å². The number of carbonyl (C=O) groups is 1. The van der Waals surface area contributed by atoms with Gasteiger partial charge in [0.15, 0.2) is 0 Å². The van der Waals surface area contributed by atoms with Gasteiger partial charge in [-0.25, -0.2) is 4.79 Å². The first-order valence-electron chi connectivity index (χ1n) is 3.64. The molecule has 1 rings (SSSR count). The van der Waals surface area contributed by atoms with Gasteiger partial charge in [0, 0.05) is 9.79 Å². The molecule has 0 atom stereocenters. The molecule has 0 aliphatic rings. The van der Waals surface area contributed by atoms with Gasteiger partial charge in [0.2, 0.25) is 0 Å². The average Bonchev–Trinajstić information content (AvgIpc) is 2.16. The molecule has 0 fully saturated rings. The van der Waals surface area contributed by atoms with E-state index in [0.29, 0.717) is 5.56 Å². The van der Waals surface area contributed by atoms with Crippen molar-refractivity contribution in [1.82, 2.24) is 0 Å². The smallest absolute Gasteiger partial charge is 0.336 e. The second kappa shape index (κ2) is 4.58. The van der Waals surface area contributed by atoms with Crippen LogP contribution in [-0.4, -0.2) is 23.6 Å². The molecule has 0 saturated heterocycles. The first kappa shape index (κ1) is 10.5. The standard InChI is InChI=1S/C9H10O2S2/c1-12-6-3-4-7(9(10)11)8(5-6)13-2/h3-5H,1-2H3,(H,10,11). The molecule has 0 bridgehead atoms. The molecule has 1 aromatic carbocycles. The van der Waals surface area contributed by atoms with Crippen molar-refractivity contribution in [3.05, 3.63) is 23.8 Å². The Kier molecular flexibility index (Phi) is 3.69. The third-order valence-electron chi connectivity index (χ3n) is 1.64. The average molecular weight is 214 g/mol. The molecule has 0 radical (unpaired) electrons. The Labute approximate surface area is 85.7 Å². The molecule has 0 spiro atoms. The summed E-state index contributed by atoms with van der Waals surface area (Å²) in [5, 5.41) is 8.84. The Morgan fingerprint density at radius 2 is 2.00 bits per heavy atom. The molecule has 13 heavy (non-hydrogen) atoms. The summed E-state index contributed by atoms with van der Waals surface area (Å²) >= 11 is 3.07. The van der Waals surface area contributed by atoms with Crippen molar-refractivity contribution >= 4 is 29.5 Å². The maximum absolute atomic E-state index is 10.8. The predicted octanol–water partition coefficient (Wildman–Crippen LogP) is 2.83. The van der Waals surface area contributed by atoms with Gasteiger partial charge in [-0.15, -0.1) is 23.5 Å². The largest absolute Gasteiger partial charge is 0.478 e. The first-order chi connectivity index (χ1) is 6.19. The zero-order valence-corrected chi connectivity index (χ0v) is 9.04. The van der Waals surface area contributed by atoms with E-state index in [0.717, 1.165) is 9.79 Å². The van der Waals surface area contributed by atoms with E-state index in [1.54, 1.807) is 17.8 Å². The summed E-state index contributed by atoms with van der Waals surface area (Å²) in [4.78, 5) is 12.7. The lowest BCUT2D eigenvalue weighted by Crippen LogP contribution is -1.98. The van der Waals surface area contributed by atoms with Crippen LogP contribution in [0.15, 0.2) is 28.0 Å². The molecule has 0 unspecified atom stereocenters. The van der Waals surface area contributed by atoms with Gasteiger partial charge in [0.1, 0.15) is 0 Å². The number of hydrogen-bond donors (Lipinski definition) is 1. The number of carboxylic acids is 1. The van der Waals surface area contributed by atoms with Gasteiger partial charge in [-0.3, -0.25) is 0 Å². The minimum absolute atomic E-state index is 0.380. The summed E-state index contributed by atoms with van der Waals surface area (Å²) in [6, 6.07) is 5.38. The lowest BCUT2D eigenvalue weighted by atomic mass is 10.2. The van der Waals surface area contributed by atoms with E-state index in [1.807, 2.05) is 24.6 Å². The molecule has 4 heteroatoms. The highest BCUT2D eigenvalue weighted by atomic mass is 32.2. The Morgan fingerprint density at radius 3 is 2.46 bits per heavy atom. The van der Waals surface area contributed by atoms with Crippen molar-refractivity contribution in [3.63, 3.8) is 0 Å². The number of benzene rings is 1. The van der Waals surface area contributed by atoms with E-state index >= 15 is 0 Å². The van der Waals surface area contributed by atoms with E-state index in [2.05, 4.69) is 0 Å². The summed E-state index contributed by atoms with van der Waals surface area (Å²) in [6.45, 7) is 0. The zero-order valence-electron chi connectivity index (χ0n) is 7.40. The number of rotatable bonds is 3. The van der Waals surface area contributed by atoms with Crippen LogP contribution in [0.2, 0.25) is 0 Å². The second-order valence-corrected chi connectivity index (χ2v) is 4.10. The summed E-state index contributed by atoms with van der Waals surface area (Å²) in [5.74, 6) is -0.864. The molecule has 1 N–H and O–H groups in total. The van der Waals surface area contributed by atoms with Gasteiger partial charge in [-0.05, 0) is 30.7 Å². The Balaban J connectivity index is 3.15. The van der Waals surface area contributed by atoms with Crippen molar-refractivity contribution < 1.29 is 9.90 Å². The lowest BCUT2D eigenvalue weighted by molar-refractivity contribution is 0.0693. The van der Waals surface area contributed by atoms with Gasteiger partial charge in [-0.2, -0.15) is 0 Å². The van der Waals surface area contributed by atoms with Crippen molar-refractivity contribution in [2.75, 3.05) is 12.5 Å². The van der Waals surface area contributed by atoms with Crippen LogP contribution in [0.25, 0.3) is 0 Å². The summed E-state index contributed by atoms with van der Waals surface area (Å²) in [6.07, 6.45) is 3.85. The van der Waals surface area contributed by atoms with E-state index in [9.17, 15) is 4.79 Å². The highest BCUT2D eigenvalue weighted by Crippen LogP contribution is 2.25. The molecule has 0 aromatic heterocycles. The normalized spacial score (nSPS) is 10.0. The molecule has 0 amide bonds. The highest BCUT2D eigenvalue weighted by molar-refractivity contribution is 7.99. The molecule has 2 nitrogen and oxygen atoms in total. The molecule has 1 aromatic rings. The maximum atomic E-state index is 10.8. The predicted molar refractivity (Wildman–Crippen MR) is 57.0 cm³/mol. The van der Waals surface area contributed by atoms with Crippen molar-refractivity contribution in [1.29, 1.82) is 0 Å². The number of thioether (sulfide) groups is 2. The minimum atomic E-state index is -0.864. The summed E-state index contributed by atoms with van der Waals surface area (Å²) < 4.78 is 0. The number of carboxylic acid groups (broad SMARTS) is 1. The fourth-order valence-electron chi connectivity index (χ4n) is 0.975. The Hall–Kier alpha value is -0.610. The van der Waals surface area contributed by atoms with E-state index < -0.39 is 5.97 Å². The van der Waals surface area contributed by atoms with Crippen molar-refractivity contribution in [3.8, 4) is 0 Å². The van der Waals surface area contributed by atoms with E-state index in [1.165, 1.54) is 11.8 Å². The summed E-state index contributed by atoms with van der Waals surface area (Å²) in [7, 11) is 0. The van der Waals surface area contributed by atoms with Gasteiger partial charge in [0.05, 0.1) is 5.56 Å². The van der Waals surface area contributed by atoms with Crippen LogP contribution in [0.4, 0.5) is 0 Å². The molecule has 0 saturated carbocycles. The molecular weight excluding hydrogens is 204 g/mol.